The van der Waals surface area contributed by atoms with Crippen molar-refractivity contribution in [3.8, 4) is 11.5 Å². The third kappa shape index (κ3) is 5.98. The van der Waals surface area contributed by atoms with Crippen molar-refractivity contribution < 1.29 is 19.1 Å². The summed E-state index contributed by atoms with van der Waals surface area (Å²) in [5.74, 6) is 0.926. The molecule has 0 unspecified atom stereocenters. The van der Waals surface area contributed by atoms with Gasteiger partial charge in [-0.15, -0.1) is 0 Å². The number of carbonyl (C=O) groups is 2. The molecule has 0 radical (unpaired) electrons. The number of carbonyl (C=O) groups excluding carboxylic acids is 2. The number of hydrogen-bond donors (Lipinski definition) is 1. The first-order chi connectivity index (χ1) is 14.2. The van der Waals surface area contributed by atoms with Crippen LogP contribution in [-0.4, -0.2) is 43.5 Å². The molecule has 0 saturated carbocycles. The summed E-state index contributed by atoms with van der Waals surface area (Å²) in [5.41, 5.74) is 1.39. The van der Waals surface area contributed by atoms with Gasteiger partial charge in [-0.25, -0.2) is 0 Å². The first-order valence-electron chi connectivity index (χ1n) is 10.1. The van der Waals surface area contributed by atoms with Gasteiger partial charge >= 0.3 is 0 Å². The molecule has 29 heavy (non-hydrogen) atoms. The van der Waals surface area contributed by atoms with Crippen molar-refractivity contribution in [3.63, 3.8) is 0 Å². The van der Waals surface area contributed by atoms with Crippen LogP contribution in [0.1, 0.15) is 41.6 Å². The predicted octanol–water partition coefficient (Wildman–Crippen LogP) is 3.41. The van der Waals surface area contributed by atoms with Gasteiger partial charge in [0.1, 0.15) is 11.5 Å². The number of amides is 2. The Kier molecular flexibility index (Phi) is 7.50. The number of hydrogen-bond acceptors (Lipinski definition) is 4. The zero-order valence-corrected chi connectivity index (χ0v) is 16.9. The largest absolute Gasteiger partial charge is 0.497 e. The maximum atomic E-state index is 12.6. The molecule has 3 rings (SSSR count). The van der Waals surface area contributed by atoms with Gasteiger partial charge in [0.15, 0.2) is 6.61 Å². The molecule has 1 aliphatic heterocycles. The average molecular weight is 396 g/mol. The normalized spacial score (nSPS) is 14.0. The van der Waals surface area contributed by atoms with Crippen LogP contribution >= 0.6 is 0 Å². The lowest BCUT2D eigenvalue weighted by atomic mass is 10.1. The highest BCUT2D eigenvalue weighted by Crippen LogP contribution is 2.19. The summed E-state index contributed by atoms with van der Waals surface area (Å²) in [6, 6.07) is 14.5. The van der Waals surface area contributed by atoms with Crippen LogP contribution in [0.2, 0.25) is 0 Å². The fourth-order valence-corrected chi connectivity index (χ4v) is 3.35. The maximum absolute atomic E-state index is 12.6. The Hall–Kier alpha value is -3.02. The SMILES string of the molecule is COc1ccc(CNC(=O)c2ccccc2OCC(=O)N2CCCCCC2)cc1. The smallest absolute Gasteiger partial charge is 0.260 e. The van der Waals surface area contributed by atoms with Gasteiger partial charge in [-0.1, -0.05) is 37.1 Å². The zero-order chi connectivity index (χ0) is 20.5. The molecule has 1 fully saturated rings. The molecule has 6 heteroatoms. The van der Waals surface area contributed by atoms with Crippen molar-refractivity contribution in [1.29, 1.82) is 0 Å². The van der Waals surface area contributed by atoms with E-state index < -0.39 is 0 Å². The highest BCUT2D eigenvalue weighted by molar-refractivity contribution is 5.97. The van der Waals surface area contributed by atoms with E-state index in [0.29, 0.717) is 17.9 Å². The number of benzene rings is 2. The van der Waals surface area contributed by atoms with Crippen LogP contribution in [0, 0.1) is 0 Å². The van der Waals surface area contributed by atoms with Crippen LogP contribution in [0.3, 0.4) is 0 Å². The summed E-state index contributed by atoms with van der Waals surface area (Å²) >= 11 is 0. The van der Waals surface area contributed by atoms with Gasteiger partial charge in [-0.3, -0.25) is 9.59 Å². The van der Waals surface area contributed by atoms with Gasteiger partial charge in [0.25, 0.3) is 11.8 Å². The van der Waals surface area contributed by atoms with Crippen LogP contribution in [0.15, 0.2) is 48.5 Å². The third-order valence-electron chi connectivity index (χ3n) is 5.05. The topological polar surface area (TPSA) is 67.9 Å². The first kappa shape index (κ1) is 20.7. The second-order valence-electron chi connectivity index (χ2n) is 7.11. The molecule has 1 aliphatic rings. The van der Waals surface area contributed by atoms with E-state index in [1.807, 2.05) is 29.2 Å². The molecule has 154 valence electrons. The summed E-state index contributed by atoms with van der Waals surface area (Å²) < 4.78 is 10.9. The summed E-state index contributed by atoms with van der Waals surface area (Å²) in [5, 5.41) is 2.90. The Morgan fingerprint density at radius 3 is 2.34 bits per heavy atom. The van der Waals surface area contributed by atoms with Crippen LogP contribution in [-0.2, 0) is 11.3 Å². The van der Waals surface area contributed by atoms with Gasteiger partial charge in [-0.2, -0.15) is 0 Å². The highest BCUT2D eigenvalue weighted by atomic mass is 16.5. The van der Waals surface area contributed by atoms with E-state index in [9.17, 15) is 9.59 Å². The molecule has 1 saturated heterocycles. The summed E-state index contributed by atoms with van der Waals surface area (Å²) in [4.78, 5) is 27.0. The molecule has 1 N–H and O–H groups in total. The van der Waals surface area contributed by atoms with Crippen molar-refractivity contribution >= 4 is 11.8 Å². The summed E-state index contributed by atoms with van der Waals surface area (Å²) in [6.07, 6.45) is 4.41. The monoisotopic (exact) mass is 396 g/mol. The van der Waals surface area contributed by atoms with Crippen LogP contribution in [0.4, 0.5) is 0 Å². The standard InChI is InChI=1S/C23H28N2O4/c1-28-19-12-10-18(11-13-19)16-24-23(27)20-8-4-5-9-21(20)29-17-22(26)25-14-6-2-3-7-15-25/h4-5,8-13H,2-3,6-7,14-17H2,1H3,(H,24,27). The molecular weight excluding hydrogens is 368 g/mol. The minimum atomic E-state index is -0.237. The van der Waals surface area contributed by atoms with Crippen molar-refractivity contribution in [1.82, 2.24) is 10.2 Å². The quantitative estimate of drug-likeness (QED) is 0.779. The number of nitrogens with zero attached hydrogens (tertiary/aromatic N) is 1. The van der Waals surface area contributed by atoms with E-state index in [1.165, 1.54) is 12.8 Å². The van der Waals surface area contributed by atoms with Crippen LogP contribution in [0.5, 0.6) is 11.5 Å². The Bertz CT molecular complexity index is 812. The van der Waals surface area contributed by atoms with Crippen LogP contribution in [0.25, 0.3) is 0 Å². The Morgan fingerprint density at radius 1 is 0.966 bits per heavy atom. The first-order valence-corrected chi connectivity index (χ1v) is 10.1. The van der Waals surface area contributed by atoms with E-state index >= 15 is 0 Å². The van der Waals surface area contributed by atoms with E-state index in [2.05, 4.69) is 5.32 Å². The molecule has 2 amide bonds. The maximum Gasteiger partial charge on any atom is 0.260 e. The third-order valence-corrected chi connectivity index (χ3v) is 5.05. The molecular formula is C23H28N2O4. The van der Waals surface area contributed by atoms with E-state index in [1.54, 1.807) is 31.4 Å². The molecule has 2 aromatic carbocycles. The van der Waals surface area contributed by atoms with Gasteiger partial charge in [0.05, 0.1) is 12.7 Å². The van der Waals surface area contributed by atoms with E-state index in [-0.39, 0.29) is 18.4 Å². The molecule has 2 aromatic rings. The van der Waals surface area contributed by atoms with Crippen molar-refractivity contribution in [2.75, 3.05) is 26.8 Å². The molecule has 1 heterocycles. The van der Waals surface area contributed by atoms with Gasteiger partial charge in [-0.05, 0) is 42.7 Å². The fourth-order valence-electron chi connectivity index (χ4n) is 3.35. The number of nitrogens with one attached hydrogen (secondary N) is 1. The fraction of sp³-hybridized carbons (Fsp3) is 0.391. The minimum Gasteiger partial charge on any atom is -0.497 e. The van der Waals surface area contributed by atoms with Gasteiger partial charge in [0, 0.05) is 19.6 Å². The molecule has 6 nitrogen and oxygen atoms in total. The number of rotatable bonds is 7. The lowest BCUT2D eigenvalue weighted by molar-refractivity contribution is -0.133. The zero-order valence-electron chi connectivity index (χ0n) is 16.9. The van der Waals surface area contributed by atoms with Crippen molar-refractivity contribution in [2.45, 2.75) is 32.2 Å². The van der Waals surface area contributed by atoms with Gasteiger partial charge < -0.3 is 19.7 Å². The molecule has 0 atom stereocenters. The lowest BCUT2D eigenvalue weighted by Gasteiger charge is -2.20. The predicted molar refractivity (Wildman–Crippen MR) is 111 cm³/mol. The molecule has 0 spiro atoms. The molecule has 0 aromatic heterocycles. The number of likely N-dealkylation sites (tertiary alicyclic amines) is 1. The molecule has 0 bridgehead atoms. The lowest BCUT2D eigenvalue weighted by Crippen LogP contribution is -2.35. The second kappa shape index (κ2) is 10.5. The number of para-hydroxylation sites is 1. The Labute approximate surface area is 171 Å². The van der Waals surface area contributed by atoms with E-state index in [4.69, 9.17) is 9.47 Å². The second-order valence-corrected chi connectivity index (χ2v) is 7.11. The number of methoxy groups -OCH3 is 1. The van der Waals surface area contributed by atoms with E-state index in [0.717, 1.165) is 37.2 Å². The highest BCUT2D eigenvalue weighted by Gasteiger charge is 2.18. The Balaban J connectivity index is 1.57. The molecule has 0 aliphatic carbocycles. The van der Waals surface area contributed by atoms with Gasteiger partial charge in [0.2, 0.25) is 0 Å². The van der Waals surface area contributed by atoms with Crippen molar-refractivity contribution in [2.24, 2.45) is 0 Å². The Morgan fingerprint density at radius 2 is 1.66 bits per heavy atom. The minimum absolute atomic E-state index is 0.0275. The summed E-state index contributed by atoms with van der Waals surface area (Å²) in [7, 11) is 1.62. The average Bonchev–Trinajstić information content (AvgIpc) is 3.06. The number of ether oxygens (including phenoxy) is 2. The van der Waals surface area contributed by atoms with Crippen LogP contribution < -0.4 is 14.8 Å². The van der Waals surface area contributed by atoms with Crippen molar-refractivity contribution in [3.05, 3.63) is 59.7 Å². The summed E-state index contributed by atoms with van der Waals surface area (Å²) in [6.45, 7) is 1.91.